The first kappa shape index (κ1) is 24.3. The molecule has 0 unspecified atom stereocenters. The minimum atomic E-state index is -1.93. The summed E-state index contributed by atoms with van der Waals surface area (Å²) in [5.41, 5.74) is -4.77. The Labute approximate surface area is 195 Å². The van der Waals surface area contributed by atoms with Crippen LogP contribution in [0.4, 0.5) is 4.39 Å². The van der Waals surface area contributed by atoms with Gasteiger partial charge in [0.1, 0.15) is 11.7 Å². The summed E-state index contributed by atoms with van der Waals surface area (Å²) in [7, 11) is 0. The van der Waals surface area contributed by atoms with Crippen LogP contribution in [0.15, 0.2) is 23.8 Å². The molecule has 3 fully saturated rings. The van der Waals surface area contributed by atoms with Crippen molar-refractivity contribution >= 4 is 17.5 Å². The van der Waals surface area contributed by atoms with Crippen molar-refractivity contribution in [1.29, 1.82) is 0 Å². The molecule has 8 atom stereocenters. The molecule has 0 radical (unpaired) electrons. The first-order valence-corrected chi connectivity index (χ1v) is 12.4. The summed E-state index contributed by atoms with van der Waals surface area (Å²) in [6.07, 6.45) is 6.84. The van der Waals surface area contributed by atoms with Gasteiger partial charge < -0.3 is 9.84 Å². The van der Waals surface area contributed by atoms with Crippen molar-refractivity contribution < 1.29 is 28.6 Å². The molecule has 0 spiro atoms. The van der Waals surface area contributed by atoms with E-state index in [-0.39, 0.29) is 36.2 Å². The number of carbonyl (C=O) groups is 3. The number of esters is 1. The quantitative estimate of drug-likeness (QED) is 0.604. The van der Waals surface area contributed by atoms with E-state index in [2.05, 4.69) is 0 Å². The highest BCUT2D eigenvalue weighted by molar-refractivity contribution is 6.01. The third-order valence-corrected chi connectivity index (χ3v) is 9.74. The van der Waals surface area contributed by atoms with Crippen LogP contribution in [0.3, 0.4) is 0 Å². The van der Waals surface area contributed by atoms with Crippen LogP contribution >= 0.6 is 0 Å². The maximum absolute atomic E-state index is 17.8. The zero-order chi connectivity index (χ0) is 24.4. The lowest BCUT2D eigenvalue weighted by molar-refractivity contribution is -0.229. The largest absolute Gasteiger partial charge is 0.459 e. The van der Waals surface area contributed by atoms with Crippen molar-refractivity contribution in [2.45, 2.75) is 96.9 Å². The molecule has 3 saturated carbocycles. The predicted octanol–water partition coefficient (Wildman–Crippen LogP) is 4.66. The number of ketones is 2. The smallest absolute Gasteiger partial charge is 0.306 e. The third kappa shape index (κ3) is 3.08. The number of unbranched alkanes of at least 4 members (excludes halogenated alkanes) is 1. The number of Topliss-reactive ketones (excluding diaryl/α,β-unsaturated/α-hetero) is 1. The normalized spacial score (nSPS) is 46.2. The van der Waals surface area contributed by atoms with E-state index in [1.54, 1.807) is 13.0 Å². The van der Waals surface area contributed by atoms with E-state index >= 15 is 4.39 Å². The van der Waals surface area contributed by atoms with Crippen LogP contribution in [0, 0.1) is 28.6 Å². The molecule has 33 heavy (non-hydrogen) atoms. The van der Waals surface area contributed by atoms with Crippen molar-refractivity contribution in [3.8, 4) is 0 Å². The monoisotopic (exact) mass is 460 g/mol. The highest BCUT2D eigenvalue weighted by Crippen LogP contribution is 2.71. The van der Waals surface area contributed by atoms with Gasteiger partial charge in [-0.05, 0) is 69.9 Å². The summed E-state index contributed by atoms with van der Waals surface area (Å²) in [4.78, 5) is 37.6. The first-order valence-electron chi connectivity index (χ1n) is 12.4. The number of halogens is 1. The number of fused-ring (bicyclic) bond motifs is 5. The average molecular weight is 461 g/mol. The molecular weight excluding hydrogens is 423 g/mol. The van der Waals surface area contributed by atoms with Crippen LogP contribution in [-0.2, 0) is 19.1 Å². The Kier molecular flexibility index (Phi) is 5.79. The molecular formula is C27H37FO5. The molecule has 0 amide bonds. The second-order valence-corrected chi connectivity index (χ2v) is 11.3. The maximum Gasteiger partial charge on any atom is 0.306 e. The van der Waals surface area contributed by atoms with E-state index < -0.39 is 40.1 Å². The van der Waals surface area contributed by atoms with E-state index in [0.717, 1.165) is 12.0 Å². The number of carbonyl (C=O) groups excluding carboxylic acids is 3. The Balaban J connectivity index is 1.84. The summed E-state index contributed by atoms with van der Waals surface area (Å²) >= 11 is 0. The van der Waals surface area contributed by atoms with Gasteiger partial charge in [0.15, 0.2) is 17.2 Å². The van der Waals surface area contributed by atoms with E-state index in [9.17, 15) is 19.5 Å². The van der Waals surface area contributed by atoms with Gasteiger partial charge >= 0.3 is 5.97 Å². The number of hydrogen-bond donors (Lipinski definition) is 1. The molecule has 5 nitrogen and oxygen atoms in total. The molecule has 182 valence electrons. The summed E-state index contributed by atoms with van der Waals surface area (Å²) in [5, 5.41) is 11.7. The van der Waals surface area contributed by atoms with Gasteiger partial charge in [0.25, 0.3) is 0 Å². The number of hydrogen-bond acceptors (Lipinski definition) is 5. The second-order valence-electron chi connectivity index (χ2n) is 11.3. The molecule has 6 heteroatoms. The molecule has 4 rings (SSSR count). The second kappa shape index (κ2) is 7.86. The van der Waals surface area contributed by atoms with Crippen molar-refractivity contribution in [2.75, 3.05) is 0 Å². The zero-order valence-electron chi connectivity index (χ0n) is 20.4. The van der Waals surface area contributed by atoms with Gasteiger partial charge in [-0.25, -0.2) is 4.39 Å². The zero-order valence-corrected chi connectivity index (χ0v) is 20.4. The first-order chi connectivity index (χ1) is 15.4. The molecule has 0 heterocycles. The summed E-state index contributed by atoms with van der Waals surface area (Å²) in [6, 6.07) is 0. The molecule has 0 bridgehead atoms. The number of alkyl halides is 1. The van der Waals surface area contributed by atoms with Crippen LogP contribution in [0.1, 0.15) is 79.6 Å². The molecule has 0 aromatic carbocycles. The van der Waals surface area contributed by atoms with Gasteiger partial charge in [-0.2, -0.15) is 0 Å². The lowest BCUT2D eigenvalue weighted by Gasteiger charge is -2.63. The fraction of sp³-hybridized carbons (Fsp3) is 0.741. The van der Waals surface area contributed by atoms with E-state index in [1.807, 2.05) is 20.8 Å². The Morgan fingerprint density at radius 1 is 1.27 bits per heavy atom. The van der Waals surface area contributed by atoms with Crippen LogP contribution in [-0.4, -0.2) is 40.0 Å². The fourth-order valence-corrected chi connectivity index (χ4v) is 7.93. The van der Waals surface area contributed by atoms with Crippen LogP contribution in [0.5, 0.6) is 0 Å². The predicted molar refractivity (Wildman–Crippen MR) is 122 cm³/mol. The maximum atomic E-state index is 17.8. The summed E-state index contributed by atoms with van der Waals surface area (Å²) in [6.45, 7) is 8.93. The SMILES string of the molecule is CCCCC(=O)O[C@H]1C[C@@]2(C)[C@@H](C[C@H](C)[C@]2(O)C(C)=O)[C@@H]2CCC3=CC(=O)C=C[C@]3(C)[C@@]12F. The van der Waals surface area contributed by atoms with Gasteiger partial charge in [-0.1, -0.05) is 38.8 Å². The summed E-state index contributed by atoms with van der Waals surface area (Å²) in [5.74, 6) is -1.97. The number of rotatable bonds is 5. The molecule has 0 saturated heterocycles. The Bertz CT molecular complexity index is 939. The Morgan fingerprint density at radius 3 is 2.61 bits per heavy atom. The lowest BCUT2D eigenvalue weighted by Crippen LogP contribution is -2.69. The average Bonchev–Trinajstić information content (AvgIpc) is 2.95. The van der Waals surface area contributed by atoms with Gasteiger partial charge in [-0.15, -0.1) is 0 Å². The molecule has 0 aliphatic heterocycles. The molecule has 1 N–H and O–H groups in total. The van der Waals surface area contributed by atoms with Gasteiger partial charge in [0.2, 0.25) is 0 Å². The molecule has 4 aliphatic rings. The van der Waals surface area contributed by atoms with E-state index in [0.29, 0.717) is 25.7 Å². The number of ether oxygens (including phenoxy) is 1. The van der Waals surface area contributed by atoms with Crippen LogP contribution in [0.2, 0.25) is 0 Å². The van der Waals surface area contributed by atoms with Crippen molar-refractivity contribution in [1.82, 2.24) is 0 Å². The number of allylic oxidation sites excluding steroid dienone is 4. The van der Waals surface area contributed by atoms with Crippen molar-refractivity contribution in [2.24, 2.45) is 28.6 Å². The van der Waals surface area contributed by atoms with Crippen molar-refractivity contribution in [3.05, 3.63) is 23.8 Å². The fourth-order valence-electron chi connectivity index (χ4n) is 7.93. The molecule has 0 aromatic rings. The lowest BCUT2D eigenvalue weighted by atomic mass is 9.44. The Hall–Kier alpha value is -1.82. The van der Waals surface area contributed by atoms with Gasteiger partial charge in [-0.3, -0.25) is 14.4 Å². The number of aliphatic hydroxyl groups is 1. The van der Waals surface area contributed by atoms with Gasteiger partial charge in [0, 0.05) is 23.2 Å². The van der Waals surface area contributed by atoms with Crippen LogP contribution < -0.4 is 0 Å². The minimum absolute atomic E-state index is 0.0770. The van der Waals surface area contributed by atoms with E-state index in [1.165, 1.54) is 19.1 Å². The Morgan fingerprint density at radius 2 is 1.97 bits per heavy atom. The molecule has 4 aliphatic carbocycles. The standard InChI is InChI=1S/C27H37FO5/c1-6-7-8-23(31)33-22-15-25(5)21(13-16(2)27(25,32)17(3)29)20-10-9-18-14-19(30)11-12-24(18,4)26(20,22)28/h11-12,14,16,20-22,32H,6-10,13,15H2,1-5H3/t16-,20-,21-,22-,24-,25-,26-,27-/m0/s1. The van der Waals surface area contributed by atoms with Crippen LogP contribution in [0.25, 0.3) is 0 Å². The minimum Gasteiger partial charge on any atom is -0.459 e. The summed E-state index contributed by atoms with van der Waals surface area (Å²) < 4.78 is 23.7. The topological polar surface area (TPSA) is 80.7 Å². The van der Waals surface area contributed by atoms with E-state index in [4.69, 9.17) is 4.74 Å². The highest BCUT2D eigenvalue weighted by Gasteiger charge is 2.76. The van der Waals surface area contributed by atoms with Gasteiger partial charge in [0.05, 0.1) is 0 Å². The third-order valence-electron chi connectivity index (χ3n) is 9.74. The van der Waals surface area contributed by atoms with Crippen molar-refractivity contribution in [3.63, 3.8) is 0 Å². The molecule has 0 aromatic heterocycles. The highest BCUT2D eigenvalue weighted by atomic mass is 19.1.